The van der Waals surface area contributed by atoms with Crippen LogP contribution in [0.25, 0.3) is 11.5 Å². The van der Waals surface area contributed by atoms with Gasteiger partial charge in [-0.15, -0.1) is 0 Å². The third-order valence-corrected chi connectivity index (χ3v) is 3.78. The van der Waals surface area contributed by atoms with Crippen molar-refractivity contribution < 1.29 is 9.32 Å². The first-order valence-corrected chi connectivity index (χ1v) is 8.18. The van der Waals surface area contributed by atoms with Crippen LogP contribution in [0.15, 0.2) is 63.6 Å². The Bertz CT molecular complexity index is 803. The van der Waals surface area contributed by atoms with Crippen LogP contribution in [-0.2, 0) is 0 Å². The van der Waals surface area contributed by atoms with E-state index in [0.29, 0.717) is 30.5 Å². The predicted octanol–water partition coefficient (Wildman–Crippen LogP) is 3.34. The first kappa shape index (κ1) is 16.2. The molecule has 1 heterocycles. The van der Waals surface area contributed by atoms with Crippen LogP contribution >= 0.6 is 15.9 Å². The average molecular weight is 387 g/mol. The van der Waals surface area contributed by atoms with E-state index in [-0.39, 0.29) is 5.91 Å². The Labute approximate surface area is 147 Å². The molecule has 0 atom stereocenters. The molecule has 1 amide bonds. The third kappa shape index (κ3) is 4.20. The van der Waals surface area contributed by atoms with Gasteiger partial charge in [-0.25, -0.2) is 0 Å². The number of hydrogen-bond acceptors (Lipinski definition) is 5. The lowest BCUT2D eigenvalue weighted by Crippen LogP contribution is -2.28. The number of nitrogens with zero attached hydrogens (tertiary/aromatic N) is 2. The molecule has 0 unspecified atom stereocenters. The van der Waals surface area contributed by atoms with Crippen LogP contribution in [0.3, 0.4) is 0 Å². The van der Waals surface area contributed by atoms with E-state index in [1.165, 1.54) is 0 Å². The highest BCUT2D eigenvalue weighted by Crippen LogP contribution is 2.17. The molecule has 2 N–H and O–H groups in total. The van der Waals surface area contributed by atoms with Gasteiger partial charge >= 0.3 is 0 Å². The van der Waals surface area contributed by atoms with Crippen molar-refractivity contribution in [3.05, 3.63) is 64.6 Å². The fourth-order valence-electron chi connectivity index (χ4n) is 2.05. The number of nitrogens with one attached hydrogen (secondary N) is 2. The Morgan fingerprint density at radius 2 is 1.79 bits per heavy atom. The highest BCUT2D eigenvalue weighted by Gasteiger charge is 2.08. The number of anilines is 1. The first-order chi connectivity index (χ1) is 11.7. The lowest BCUT2D eigenvalue weighted by atomic mass is 10.2. The standard InChI is InChI=1S/C17H15BrN4O2/c18-14-8-6-12(7-9-14)15(23)19-10-11-20-17-21-16(24-22-17)13-4-2-1-3-5-13/h1-9H,10-11H2,(H,19,23)(H,20,22). The average Bonchev–Trinajstić information content (AvgIpc) is 3.09. The van der Waals surface area contributed by atoms with E-state index in [4.69, 9.17) is 4.52 Å². The Morgan fingerprint density at radius 3 is 2.54 bits per heavy atom. The molecule has 0 saturated carbocycles. The van der Waals surface area contributed by atoms with Gasteiger partial charge in [-0.2, -0.15) is 4.98 Å². The van der Waals surface area contributed by atoms with Crippen LogP contribution in [0.2, 0.25) is 0 Å². The summed E-state index contributed by atoms with van der Waals surface area (Å²) in [5.41, 5.74) is 1.48. The minimum Gasteiger partial charge on any atom is -0.350 e. The summed E-state index contributed by atoms with van der Waals surface area (Å²) >= 11 is 3.34. The van der Waals surface area contributed by atoms with E-state index < -0.39 is 0 Å². The second-order valence-corrected chi connectivity index (χ2v) is 5.89. The summed E-state index contributed by atoms with van der Waals surface area (Å²) in [7, 11) is 0. The zero-order valence-electron chi connectivity index (χ0n) is 12.7. The van der Waals surface area contributed by atoms with Crippen molar-refractivity contribution in [1.29, 1.82) is 0 Å². The van der Waals surface area contributed by atoms with Gasteiger partial charge in [0.1, 0.15) is 0 Å². The molecule has 0 aliphatic heterocycles. The molecule has 0 aliphatic carbocycles. The summed E-state index contributed by atoms with van der Waals surface area (Å²) in [4.78, 5) is 16.2. The number of benzene rings is 2. The lowest BCUT2D eigenvalue weighted by molar-refractivity contribution is 0.0955. The van der Waals surface area contributed by atoms with E-state index in [1.807, 2.05) is 42.5 Å². The second kappa shape index (κ2) is 7.74. The molecule has 7 heteroatoms. The number of rotatable bonds is 6. The van der Waals surface area contributed by atoms with Crippen LogP contribution < -0.4 is 10.6 Å². The molecule has 0 saturated heterocycles. The lowest BCUT2D eigenvalue weighted by Gasteiger charge is -2.05. The van der Waals surface area contributed by atoms with E-state index in [1.54, 1.807) is 12.1 Å². The van der Waals surface area contributed by atoms with Crippen molar-refractivity contribution in [2.75, 3.05) is 18.4 Å². The zero-order chi connectivity index (χ0) is 16.8. The first-order valence-electron chi connectivity index (χ1n) is 7.39. The molecule has 0 radical (unpaired) electrons. The van der Waals surface area contributed by atoms with Crippen LogP contribution in [0.1, 0.15) is 10.4 Å². The van der Waals surface area contributed by atoms with Crippen LogP contribution in [0.4, 0.5) is 5.95 Å². The van der Waals surface area contributed by atoms with Crippen LogP contribution in [0.5, 0.6) is 0 Å². The topological polar surface area (TPSA) is 80.0 Å². The molecule has 2 aromatic carbocycles. The van der Waals surface area contributed by atoms with E-state index in [9.17, 15) is 4.79 Å². The molecule has 0 spiro atoms. The normalized spacial score (nSPS) is 10.4. The van der Waals surface area contributed by atoms with Gasteiger partial charge in [0.15, 0.2) is 0 Å². The summed E-state index contributed by atoms with van der Waals surface area (Å²) in [5.74, 6) is 0.728. The quantitative estimate of drug-likeness (QED) is 0.635. The molecule has 122 valence electrons. The monoisotopic (exact) mass is 386 g/mol. The number of halogens is 1. The number of carbonyl (C=O) groups excluding carboxylic acids is 1. The van der Waals surface area contributed by atoms with Gasteiger partial charge in [0.25, 0.3) is 17.7 Å². The maximum atomic E-state index is 12.0. The van der Waals surface area contributed by atoms with Crippen molar-refractivity contribution in [1.82, 2.24) is 15.5 Å². The largest absolute Gasteiger partial charge is 0.350 e. The highest BCUT2D eigenvalue weighted by molar-refractivity contribution is 9.10. The van der Waals surface area contributed by atoms with Gasteiger partial charge in [-0.3, -0.25) is 4.79 Å². The van der Waals surface area contributed by atoms with Gasteiger partial charge in [0, 0.05) is 28.7 Å². The molecular formula is C17H15BrN4O2. The van der Waals surface area contributed by atoms with Crippen LogP contribution in [0, 0.1) is 0 Å². The number of aromatic nitrogens is 2. The minimum absolute atomic E-state index is 0.123. The third-order valence-electron chi connectivity index (χ3n) is 3.25. The number of hydrogen-bond donors (Lipinski definition) is 2. The van der Waals surface area contributed by atoms with Crippen molar-refractivity contribution in [2.24, 2.45) is 0 Å². The Morgan fingerprint density at radius 1 is 1.04 bits per heavy atom. The summed E-state index contributed by atoms with van der Waals surface area (Å²) < 4.78 is 6.13. The van der Waals surface area contributed by atoms with Gasteiger partial charge < -0.3 is 15.2 Å². The summed E-state index contributed by atoms with van der Waals surface area (Å²) in [6.07, 6.45) is 0. The van der Waals surface area contributed by atoms with Gasteiger partial charge in [-0.1, -0.05) is 34.1 Å². The summed E-state index contributed by atoms with van der Waals surface area (Å²) in [5, 5.41) is 9.70. The van der Waals surface area contributed by atoms with Gasteiger partial charge in [0.2, 0.25) is 0 Å². The second-order valence-electron chi connectivity index (χ2n) is 4.98. The summed E-state index contributed by atoms with van der Waals surface area (Å²) in [6.45, 7) is 0.945. The van der Waals surface area contributed by atoms with E-state index >= 15 is 0 Å². The van der Waals surface area contributed by atoms with Gasteiger partial charge in [-0.05, 0) is 41.6 Å². The smallest absolute Gasteiger partial charge is 0.263 e. The molecule has 0 bridgehead atoms. The zero-order valence-corrected chi connectivity index (χ0v) is 14.3. The van der Waals surface area contributed by atoms with Crippen LogP contribution in [-0.4, -0.2) is 29.1 Å². The molecule has 1 aromatic heterocycles. The molecule has 6 nitrogen and oxygen atoms in total. The number of amides is 1. The van der Waals surface area contributed by atoms with Crippen molar-refractivity contribution >= 4 is 27.8 Å². The van der Waals surface area contributed by atoms with Gasteiger partial charge in [0.05, 0.1) is 0 Å². The Hall–Kier alpha value is -2.67. The maximum absolute atomic E-state index is 12.0. The Kier molecular flexibility index (Phi) is 5.22. The molecule has 3 aromatic rings. The SMILES string of the molecule is O=C(NCCNc1noc(-c2ccccc2)n1)c1ccc(Br)cc1. The molecular weight excluding hydrogens is 372 g/mol. The Balaban J connectivity index is 1.46. The van der Waals surface area contributed by atoms with Crippen molar-refractivity contribution in [3.63, 3.8) is 0 Å². The number of carbonyl (C=O) groups is 1. The highest BCUT2D eigenvalue weighted by atomic mass is 79.9. The van der Waals surface area contributed by atoms with E-state index in [2.05, 4.69) is 36.7 Å². The molecule has 0 aliphatic rings. The minimum atomic E-state index is -0.123. The van der Waals surface area contributed by atoms with Crippen molar-refractivity contribution in [2.45, 2.75) is 0 Å². The molecule has 3 rings (SSSR count). The maximum Gasteiger partial charge on any atom is 0.263 e. The molecule has 24 heavy (non-hydrogen) atoms. The fraction of sp³-hybridized carbons (Fsp3) is 0.118. The predicted molar refractivity (Wildman–Crippen MR) is 94.7 cm³/mol. The van der Waals surface area contributed by atoms with E-state index in [0.717, 1.165) is 10.0 Å². The summed E-state index contributed by atoms with van der Waals surface area (Å²) in [6, 6.07) is 16.7. The van der Waals surface area contributed by atoms with Crippen molar-refractivity contribution in [3.8, 4) is 11.5 Å². The fourth-order valence-corrected chi connectivity index (χ4v) is 2.31. The molecule has 0 fully saturated rings.